The van der Waals surface area contributed by atoms with Gasteiger partial charge in [-0.3, -0.25) is 4.90 Å². The minimum absolute atomic E-state index is 0.127. The maximum absolute atomic E-state index is 9.89. The monoisotopic (exact) mass is 258 g/mol. The van der Waals surface area contributed by atoms with Gasteiger partial charge in [-0.15, -0.1) is 0 Å². The van der Waals surface area contributed by atoms with Crippen molar-refractivity contribution in [2.75, 3.05) is 40.0 Å². The molecule has 2 N–H and O–H groups in total. The second-order valence-corrected chi connectivity index (χ2v) is 5.75. The van der Waals surface area contributed by atoms with Gasteiger partial charge in [-0.1, -0.05) is 20.8 Å². The van der Waals surface area contributed by atoms with Gasteiger partial charge in [-0.05, 0) is 25.3 Å². The molecule has 18 heavy (non-hydrogen) atoms. The number of methoxy groups -OCH3 is 1. The lowest BCUT2D eigenvalue weighted by atomic mass is 9.92. The van der Waals surface area contributed by atoms with E-state index in [1.807, 2.05) is 0 Å². The van der Waals surface area contributed by atoms with E-state index in [2.05, 4.69) is 31.0 Å². The number of hydrogen-bond donors (Lipinski definition) is 2. The van der Waals surface area contributed by atoms with Crippen LogP contribution in [-0.4, -0.2) is 61.5 Å². The van der Waals surface area contributed by atoms with Crippen molar-refractivity contribution < 1.29 is 9.84 Å². The van der Waals surface area contributed by atoms with Crippen molar-refractivity contribution >= 4 is 0 Å². The zero-order valence-corrected chi connectivity index (χ0v) is 12.4. The number of aliphatic hydroxyl groups is 1. The van der Waals surface area contributed by atoms with Crippen molar-refractivity contribution in [3.8, 4) is 0 Å². The Morgan fingerprint density at radius 1 is 1.44 bits per heavy atom. The summed E-state index contributed by atoms with van der Waals surface area (Å²) in [5, 5.41) is 13.5. The standard InChI is InChI=1S/C14H30N2O2/c1-5-16(8-9-18-4)10-14(11-17,13-6-7-13)15-12(2)3/h12-13,15,17H,5-11H2,1-4H3. The SMILES string of the molecule is CCN(CCOC)CC(CO)(NC(C)C)C1CC1. The van der Waals surface area contributed by atoms with E-state index in [-0.39, 0.29) is 12.1 Å². The molecule has 1 unspecified atom stereocenters. The van der Waals surface area contributed by atoms with Crippen molar-refractivity contribution in [2.45, 2.75) is 45.2 Å². The molecule has 1 rings (SSSR count). The Labute approximate surface area is 112 Å². The number of ether oxygens (including phenoxy) is 1. The summed E-state index contributed by atoms with van der Waals surface area (Å²) in [5.74, 6) is 0.626. The number of aliphatic hydroxyl groups excluding tert-OH is 1. The number of hydrogen-bond acceptors (Lipinski definition) is 4. The highest BCUT2D eigenvalue weighted by Gasteiger charge is 2.45. The Kier molecular flexibility index (Phi) is 6.57. The van der Waals surface area contributed by atoms with Crippen LogP contribution in [0, 0.1) is 5.92 Å². The summed E-state index contributed by atoms with van der Waals surface area (Å²) in [5.41, 5.74) is -0.127. The third-order valence-electron chi connectivity index (χ3n) is 3.78. The molecule has 0 saturated heterocycles. The molecular formula is C14H30N2O2. The molecule has 1 saturated carbocycles. The maximum Gasteiger partial charge on any atom is 0.0628 e. The third kappa shape index (κ3) is 4.50. The van der Waals surface area contributed by atoms with Crippen molar-refractivity contribution in [1.29, 1.82) is 0 Å². The van der Waals surface area contributed by atoms with E-state index < -0.39 is 0 Å². The zero-order chi connectivity index (χ0) is 13.6. The Bertz CT molecular complexity index is 232. The van der Waals surface area contributed by atoms with Gasteiger partial charge in [0, 0.05) is 26.2 Å². The van der Waals surface area contributed by atoms with E-state index in [1.165, 1.54) is 12.8 Å². The molecule has 4 heteroatoms. The Hall–Kier alpha value is -0.160. The fourth-order valence-corrected chi connectivity index (χ4v) is 2.70. The topological polar surface area (TPSA) is 44.7 Å². The van der Waals surface area contributed by atoms with E-state index in [0.29, 0.717) is 12.0 Å². The Morgan fingerprint density at radius 2 is 2.11 bits per heavy atom. The number of likely N-dealkylation sites (N-methyl/N-ethyl adjacent to an activating group) is 1. The summed E-state index contributed by atoms with van der Waals surface area (Å²) < 4.78 is 5.15. The zero-order valence-electron chi connectivity index (χ0n) is 12.4. The van der Waals surface area contributed by atoms with E-state index in [0.717, 1.165) is 26.2 Å². The predicted octanol–water partition coefficient (Wildman–Crippen LogP) is 1.09. The first-order chi connectivity index (χ1) is 8.57. The fraction of sp³-hybridized carbons (Fsp3) is 1.00. The van der Waals surface area contributed by atoms with Gasteiger partial charge in [0.25, 0.3) is 0 Å². The van der Waals surface area contributed by atoms with Crippen LogP contribution in [0.3, 0.4) is 0 Å². The molecule has 0 aliphatic heterocycles. The van der Waals surface area contributed by atoms with Crippen LogP contribution in [0.25, 0.3) is 0 Å². The summed E-state index contributed by atoms with van der Waals surface area (Å²) >= 11 is 0. The number of nitrogens with one attached hydrogen (secondary N) is 1. The molecule has 0 amide bonds. The largest absolute Gasteiger partial charge is 0.394 e. The van der Waals surface area contributed by atoms with E-state index in [4.69, 9.17) is 4.74 Å². The first-order valence-electron chi connectivity index (χ1n) is 7.17. The van der Waals surface area contributed by atoms with Crippen LogP contribution in [0.15, 0.2) is 0 Å². The van der Waals surface area contributed by atoms with Crippen molar-refractivity contribution in [3.05, 3.63) is 0 Å². The Balaban J connectivity index is 2.63. The molecule has 0 aromatic rings. The van der Waals surface area contributed by atoms with Gasteiger partial charge in [-0.25, -0.2) is 0 Å². The van der Waals surface area contributed by atoms with Crippen LogP contribution in [0.1, 0.15) is 33.6 Å². The Morgan fingerprint density at radius 3 is 2.50 bits per heavy atom. The van der Waals surface area contributed by atoms with Gasteiger partial charge in [0.2, 0.25) is 0 Å². The van der Waals surface area contributed by atoms with E-state index >= 15 is 0 Å². The van der Waals surface area contributed by atoms with Gasteiger partial charge in [0.15, 0.2) is 0 Å². The highest BCUT2D eigenvalue weighted by molar-refractivity contribution is 5.03. The van der Waals surface area contributed by atoms with Crippen LogP contribution in [-0.2, 0) is 4.74 Å². The second kappa shape index (κ2) is 7.43. The molecule has 108 valence electrons. The molecule has 0 bridgehead atoms. The van der Waals surface area contributed by atoms with Gasteiger partial charge in [0.05, 0.1) is 18.8 Å². The predicted molar refractivity (Wildman–Crippen MR) is 74.8 cm³/mol. The molecule has 0 spiro atoms. The maximum atomic E-state index is 9.89. The molecule has 1 aliphatic carbocycles. The van der Waals surface area contributed by atoms with Crippen LogP contribution in [0.5, 0.6) is 0 Å². The normalized spacial score (nSPS) is 19.5. The second-order valence-electron chi connectivity index (χ2n) is 5.75. The molecule has 1 fully saturated rings. The lowest BCUT2D eigenvalue weighted by Gasteiger charge is -2.39. The lowest BCUT2D eigenvalue weighted by molar-refractivity contribution is 0.0710. The highest BCUT2D eigenvalue weighted by atomic mass is 16.5. The van der Waals surface area contributed by atoms with E-state index in [1.54, 1.807) is 7.11 Å². The summed E-state index contributed by atoms with van der Waals surface area (Å²) in [6.45, 7) is 10.3. The van der Waals surface area contributed by atoms with Crippen molar-refractivity contribution in [1.82, 2.24) is 10.2 Å². The van der Waals surface area contributed by atoms with Gasteiger partial charge < -0.3 is 15.2 Å². The summed E-state index contributed by atoms with van der Waals surface area (Å²) in [7, 11) is 1.74. The van der Waals surface area contributed by atoms with Crippen LogP contribution in [0.4, 0.5) is 0 Å². The average molecular weight is 258 g/mol. The fourth-order valence-electron chi connectivity index (χ4n) is 2.70. The minimum Gasteiger partial charge on any atom is -0.394 e. The van der Waals surface area contributed by atoms with E-state index in [9.17, 15) is 5.11 Å². The average Bonchev–Trinajstić information content (AvgIpc) is 3.17. The van der Waals surface area contributed by atoms with Crippen LogP contribution in [0.2, 0.25) is 0 Å². The van der Waals surface area contributed by atoms with Crippen molar-refractivity contribution in [3.63, 3.8) is 0 Å². The lowest BCUT2D eigenvalue weighted by Crippen LogP contribution is -2.60. The number of rotatable bonds is 10. The molecule has 4 nitrogen and oxygen atoms in total. The van der Waals surface area contributed by atoms with Crippen LogP contribution < -0.4 is 5.32 Å². The van der Waals surface area contributed by atoms with Gasteiger partial charge >= 0.3 is 0 Å². The molecular weight excluding hydrogens is 228 g/mol. The van der Waals surface area contributed by atoms with Crippen LogP contribution >= 0.6 is 0 Å². The third-order valence-corrected chi connectivity index (χ3v) is 3.78. The quantitative estimate of drug-likeness (QED) is 0.616. The molecule has 0 aromatic carbocycles. The van der Waals surface area contributed by atoms with Gasteiger partial charge in [-0.2, -0.15) is 0 Å². The molecule has 1 aliphatic rings. The van der Waals surface area contributed by atoms with Gasteiger partial charge in [0.1, 0.15) is 0 Å². The summed E-state index contributed by atoms with van der Waals surface area (Å²) in [4.78, 5) is 2.37. The molecule has 0 radical (unpaired) electrons. The first-order valence-corrected chi connectivity index (χ1v) is 7.17. The minimum atomic E-state index is -0.127. The smallest absolute Gasteiger partial charge is 0.0628 e. The molecule has 0 aromatic heterocycles. The molecule has 1 atom stereocenters. The first kappa shape index (κ1) is 15.9. The van der Waals surface area contributed by atoms with Crippen molar-refractivity contribution in [2.24, 2.45) is 5.92 Å². The summed E-state index contributed by atoms with van der Waals surface area (Å²) in [6.07, 6.45) is 2.48. The molecule has 0 heterocycles. The highest BCUT2D eigenvalue weighted by Crippen LogP contribution is 2.40. The summed E-state index contributed by atoms with van der Waals surface area (Å²) in [6, 6.07) is 0.402. The number of nitrogens with zero attached hydrogens (tertiary/aromatic N) is 1.